The van der Waals surface area contributed by atoms with Crippen molar-refractivity contribution in [3.05, 3.63) is 6.92 Å². The highest BCUT2D eigenvalue weighted by atomic mass is 15.1. The van der Waals surface area contributed by atoms with E-state index in [4.69, 9.17) is 5.41 Å². The van der Waals surface area contributed by atoms with E-state index in [1.807, 2.05) is 6.92 Å². The van der Waals surface area contributed by atoms with Gasteiger partial charge in [-0.15, -0.1) is 0 Å². The smallest absolute Gasteiger partial charge is 0.188 e. The minimum absolute atomic E-state index is 0.390. The van der Waals surface area contributed by atoms with Gasteiger partial charge in [-0.3, -0.25) is 5.41 Å². The van der Waals surface area contributed by atoms with Gasteiger partial charge in [0.05, 0.1) is 0 Å². The van der Waals surface area contributed by atoms with Crippen molar-refractivity contribution >= 4 is 5.96 Å². The predicted octanol–water partition coefficient (Wildman–Crippen LogP) is 0.344. The molecule has 0 spiro atoms. The zero-order chi connectivity index (χ0) is 7.11. The molecule has 0 aromatic carbocycles. The number of hydrogen-bond donors (Lipinski definition) is 3. The van der Waals surface area contributed by atoms with Gasteiger partial charge in [0.2, 0.25) is 0 Å². The normalized spacial score (nSPS) is 8.67. The van der Waals surface area contributed by atoms with Gasteiger partial charge in [0.25, 0.3) is 0 Å². The summed E-state index contributed by atoms with van der Waals surface area (Å²) >= 11 is 0. The van der Waals surface area contributed by atoms with Crippen LogP contribution in [0.4, 0.5) is 0 Å². The van der Waals surface area contributed by atoms with Crippen LogP contribution in [0.2, 0.25) is 0 Å². The first-order valence-electron chi connectivity index (χ1n) is 3.16. The Balaban J connectivity index is 3.06. The standard InChI is InChI=1S/C6H14N3/c1-3-5-9-6(7)8-4-2/h1,3-5H2,2H3,(H3,7,8,9). The van der Waals surface area contributed by atoms with Crippen LogP contribution in [0, 0.1) is 12.3 Å². The van der Waals surface area contributed by atoms with Gasteiger partial charge in [-0.05, 0) is 13.3 Å². The lowest BCUT2D eigenvalue weighted by Gasteiger charge is -2.05. The fourth-order valence-electron chi connectivity index (χ4n) is 0.453. The molecule has 0 aliphatic rings. The van der Waals surface area contributed by atoms with E-state index in [2.05, 4.69) is 17.6 Å². The lowest BCUT2D eigenvalue weighted by atomic mass is 10.5. The minimum atomic E-state index is 0.390. The van der Waals surface area contributed by atoms with Crippen LogP contribution in [0.5, 0.6) is 0 Å². The van der Waals surface area contributed by atoms with Gasteiger partial charge in [0, 0.05) is 13.1 Å². The summed E-state index contributed by atoms with van der Waals surface area (Å²) in [5.41, 5.74) is 0. The molecular formula is C6H14N3. The monoisotopic (exact) mass is 128 g/mol. The molecule has 0 rings (SSSR count). The Bertz CT molecular complexity index is 80.4. The Morgan fingerprint density at radius 1 is 1.56 bits per heavy atom. The third kappa shape index (κ3) is 5.14. The van der Waals surface area contributed by atoms with Gasteiger partial charge in [0.15, 0.2) is 5.96 Å². The largest absolute Gasteiger partial charge is 0.357 e. The fourth-order valence-corrected chi connectivity index (χ4v) is 0.453. The maximum Gasteiger partial charge on any atom is 0.188 e. The molecule has 0 heterocycles. The minimum Gasteiger partial charge on any atom is -0.357 e. The quantitative estimate of drug-likeness (QED) is 0.379. The van der Waals surface area contributed by atoms with Gasteiger partial charge in [0.1, 0.15) is 0 Å². The van der Waals surface area contributed by atoms with E-state index in [-0.39, 0.29) is 0 Å². The van der Waals surface area contributed by atoms with E-state index < -0.39 is 0 Å². The molecule has 3 N–H and O–H groups in total. The second kappa shape index (κ2) is 5.41. The van der Waals surface area contributed by atoms with Crippen molar-refractivity contribution in [2.45, 2.75) is 13.3 Å². The molecule has 0 amide bonds. The zero-order valence-corrected chi connectivity index (χ0v) is 5.83. The zero-order valence-electron chi connectivity index (χ0n) is 5.83. The highest BCUT2D eigenvalue weighted by Crippen LogP contribution is 1.67. The Kier molecular flexibility index (Phi) is 4.97. The maximum atomic E-state index is 7.14. The van der Waals surface area contributed by atoms with Crippen molar-refractivity contribution < 1.29 is 0 Å². The van der Waals surface area contributed by atoms with Gasteiger partial charge < -0.3 is 10.6 Å². The second-order valence-corrected chi connectivity index (χ2v) is 1.69. The van der Waals surface area contributed by atoms with Crippen molar-refractivity contribution in [2.24, 2.45) is 0 Å². The molecule has 1 radical (unpaired) electrons. The topological polar surface area (TPSA) is 47.9 Å². The predicted molar refractivity (Wildman–Crippen MR) is 39.4 cm³/mol. The number of guanidine groups is 1. The van der Waals surface area contributed by atoms with E-state index in [9.17, 15) is 0 Å². The Hall–Kier alpha value is -0.730. The van der Waals surface area contributed by atoms with Crippen molar-refractivity contribution in [3.8, 4) is 0 Å². The summed E-state index contributed by atoms with van der Waals surface area (Å²) in [5, 5.41) is 12.8. The fraction of sp³-hybridized carbons (Fsp3) is 0.667. The average Bonchev–Trinajstić information content (AvgIpc) is 1.85. The van der Waals surface area contributed by atoms with Crippen molar-refractivity contribution in [3.63, 3.8) is 0 Å². The van der Waals surface area contributed by atoms with Gasteiger partial charge in [-0.25, -0.2) is 0 Å². The van der Waals surface area contributed by atoms with Crippen LogP contribution in [-0.4, -0.2) is 19.0 Å². The lowest BCUT2D eigenvalue weighted by Crippen LogP contribution is -2.36. The maximum absolute atomic E-state index is 7.14. The molecule has 9 heavy (non-hydrogen) atoms. The van der Waals surface area contributed by atoms with Crippen LogP contribution >= 0.6 is 0 Å². The molecule has 3 nitrogen and oxygen atoms in total. The van der Waals surface area contributed by atoms with Crippen LogP contribution in [0.25, 0.3) is 0 Å². The molecule has 0 aliphatic heterocycles. The molecule has 0 aliphatic carbocycles. The SMILES string of the molecule is [CH2]CCNC(=N)NCC. The first kappa shape index (κ1) is 8.27. The highest BCUT2D eigenvalue weighted by molar-refractivity contribution is 5.76. The third-order valence-electron chi connectivity index (χ3n) is 0.832. The van der Waals surface area contributed by atoms with E-state index in [1.54, 1.807) is 0 Å². The molecule has 0 aromatic heterocycles. The summed E-state index contributed by atoms with van der Waals surface area (Å²) in [6.07, 6.45) is 0.813. The highest BCUT2D eigenvalue weighted by Gasteiger charge is 1.87. The average molecular weight is 128 g/mol. The third-order valence-corrected chi connectivity index (χ3v) is 0.832. The Morgan fingerprint density at radius 3 is 2.67 bits per heavy atom. The summed E-state index contributed by atoms with van der Waals surface area (Å²) < 4.78 is 0. The van der Waals surface area contributed by atoms with E-state index in [0.717, 1.165) is 19.5 Å². The molecule has 0 saturated carbocycles. The molecule has 0 saturated heterocycles. The number of rotatable bonds is 3. The molecule has 53 valence electrons. The summed E-state index contributed by atoms with van der Waals surface area (Å²) in [5.74, 6) is 0.390. The van der Waals surface area contributed by atoms with Gasteiger partial charge in [-0.2, -0.15) is 0 Å². The Labute approximate surface area is 56.3 Å². The van der Waals surface area contributed by atoms with E-state index >= 15 is 0 Å². The molecule has 0 fully saturated rings. The summed E-state index contributed by atoms with van der Waals surface area (Å²) in [7, 11) is 0. The Morgan fingerprint density at radius 2 is 2.22 bits per heavy atom. The molecule has 0 bridgehead atoms. The van der Waals surface area contributed by atoms with Gasteiger partial charge in [-0.1, -0.05) is 6.92 Å². The summed E-state index contributed by atoms with van der Waals surface area (Å²) in [4.78, 5) is 0. The second-order valence-electron chi connectivity index (χ2n) is 1.69. The van der Waals surface area contributed by atoms with Gasteiger partial charge >= 0.3 is 0 Å². The van der Waals surface area contributed by atoms with E-state index in [1.165, 1.54) is 0 Å². The number of nitrogens with one attached hydrogen (secondary N) is 3. The van der Waals surface area contributed by atoms with Crippen molar-refractivity contribution in [1.29, 1.82) is 5.41 Å². The van der Waals surface area contributed by atoms with Crippen LogP contribution < -0.4 is 10.6 Å². The van der Waals surface area contributed by atoms with E-state index in [0.29, 0.717) is 5.96 Å². The van der Waals surface area contributed by atoms with Crippen molar-refractivity contribution in [1.82, 2.24) is 10.6 Å². The first-order valence-corrected chi connectivity index (χ1v) is 3.16. The van der Waals surface area contributed by atoms with Crippen LogP contribution in [0.1, 0.15) is 13.3 Å². The van der Waals surface area contributed by atoms with Crippen LogP contribution in [-0.2, 0) is 0 Å². The molecular weight excluding hydrogens is 114 g/mol. The summed E-state index contributed by atoms with van der Waals surface area (Å²) in [6, 6.07) is 0. The van der Waals surface area contributed by atoms with Crippen LogP contribution in [0.15, 0.2) is 0 Å². The molecule has 3 heteroatoms. The molecule has 0 unspecified atom stereocenters. The van der Waals surface area contributed by atoms with Crippen LogP contribution in [0.3, 0.4) is 0 Å². The first-order chi connectivity index (χ1) is 4.31. The van der Waals surface area contributed by atoms with Crippen molar-refractivity contribution in [2.75, 3.05) is 13.1 Å². The lowest BCUT2D eigenvalue weighted by molar-refractivity contribution is 0.816. The molecule has 0 atom stereocenters. The summed E-state index contributed by atoms with van der Waals surface area (Å²) in [6.45, 7) is 7.15. The number of hydrogen-bond acceptors (Lipinski definition) is 1. The molecule has 0 aromatic rings.